The fraction of sp³-hybridized carbons (Fsp3) is 0.917. The number of aliphatic carboxylic acids is 1. The quantitative estimate of drug-likeness (QED) is 0.753. The minimum Gasteiger partial charge on any atom is -0.481 e. The molecule has 0 bridgehead atoms. The third kappa shape index (κ3) is 2.94. The van der Waals surface area contributed by atoms with E-state index in [1.807, 2.05) is 7.05 Å². The zero-order chi connectivity index (χ0) is 11.5. The number of hydrogen-bond acceptors (Lipinski definition) is 2. The lowest BCUT2D eigenvalue weighted by Gasteiger charge is -2.37. The average molecular weight is 213 g/mol. The van der Waals surface area contributed by atoms with E-state index in [9.17, 15) is 9.90 Å². The molecular weight excluding hydrogens is 190 g/mol. The first-order valence-corrected chi connectivity index (χ1v) is 5.91. The molecule has 0 radical (unpaired) electrons. The maximum atomic E-state index is 11.4. The van der Waals surface area contributed by atoms with Gasteiger partial charge in [0.15, 0.2) is 0 Å². The van der Waals surface area contributed by atoms with Gasteiger partial charge < -0.3 is 10.4 Å². The van der Waals surface area contributed by atoms with Crippen LogP contribution in [0, 0.1) is 11.3 Å². The first-order valence-electron chi connectivity index (χ1n) is 5.91. The van der Waals surface area contributed by atoms with Crippen molar-refractivity contribution in [3.8, 4) is 0 Å². The lowest BCUT2D eigenvalue weighted by atomic mass is 9.68. The van der Waals surface area contributed by atoms with Crippen molar-refractivity contribution < 1.29 is 9.90 Å². The van der Waals surface area contributed by atoms with Gasteiger partial charge in [0.1, 0.15) is 0 Å². The highest BCUT2D eigenvalue weighted by molar-refractivity contribution is 5.74. The molecule has 0 aromatic rings. The fourth-order valence-electron chi connectivity index (χ4n) is 2.75. The van der Waals surface area contributed by atoms with Gasteiger partial charge in [-0.25, -0.2) is 0 Å². The van der Waals surface area contributed by atoms with E-state index in [-0.39, 0.29) is 0 Å². The molecule has 1 aliphatic carbocycles. The Morgan fingerprint density at radius 3 is 2.33 bits per heavy atom. The lowest BCUT2D eigenvalue weighted by Crippen LogP contribution is -2.41. The van der Waals surface area contributed by atoms with Crippen LogP contribution in [0.2, 0.25) is 0 Å². The predicted octanol–water partition coefficient (Wildman–Crippen LogP) is 2.27. The molecule has 1 rings (SSSR count). The van der Waals surface area contributed by atoms with Crippen LogP contribution < -0.4 is 5.32 Å². The molecule has 0 saturated heterocycles. The molecular formula is C12H23NO2. The molecule has 1 aliphatic rings. The second-order valence-electron chi connectivity index (χ2n) is 5.25. The zero-order valence-corrected chi connectivity index (χ0v) is 10.0. The Labute approximate surface area is 92.3 Å². The van der Waals surface area contributed by atoms with Crippen LogP contribution in [0.4, 0.5) is 0 Å². The van der Waals surface area contributed by atoms with E-state index in [4.69, 9.17) is 0 Å². The summed E-state index contributed by atoms with van der Waals surface area (Å²) < 4.78 is 0. The highest BCUT2D eigenvalue weighted by Crippen LogP contribution is 2.41. The number of carbonyl (C=O) groups is 1. The van der Waals surface area contributed by atoms with Crippen LogP contribution in [0.5, 0.6) is 0 Å². The monoisotopic (exact) mass is 213 g/mol. The van der Waals surface area contributed by atoms with Gasteiger partial charge in [-0.2, -0.15) is 0 Å². The number of nitrogens with one attached hydrogen (secondary N) is 1. The summed E-state index contributed by atoms with van der Waals surface area (Å²) in [6, 6.07) is 0.518. The highest BCUT2D eigenvalue weighted by Gasteiger charge is 2.41. The molecule has 0 heterocycles. The maximum Gasteiger partial charge on any atom is 0.309 e. The van der Waals surface area contributed by atoms with Crippen LogP contribution in [0.3, 0.4) is 0 Å². The summed E-state index contributed by atoms with van der Waals surface area (Å²) in [6.07, 6.45) is 4.46. The lowest BCUT2D eigenvalue weighted by molar-refractivity contribution is -0.152. The molecule has 0 amide bonds. The van der Waals surface area contributed by atoms with E-state index in [1.165, 1.54) is 0 Å². The number of rotatable bonds is 4. The standard InChI is InChI=1S/C12H23NO2/c1-9(2)8-12(11(14)15)6-4-10(13-3)5-7-12/h9-10,13H,4-8H2,1-3H3,(H,14,15). The Kier molecular flexibility index (Phi) is 4.14. The van der Waals surface area contributed by atoms with Gasteiger partial charge >= 0.3 is 5.97 Å². The van der Waals surface area contributed by atoms with Gasteiger partial charge in [-0.3, -0.25) is 4.79 Å². The number of carboxylic acid groups (broad SMARTS) is 1. The van der Waals surface area contributed by atoms with E-state index >= 15 is 0 Å². The molecule has 1 fully saturated rings. The Morgan fingerprint density at radius 1 is 1.47 bits per heavy atom. The van der Waals surface area contributed by atoms with Crippen molar-refractivity contribution in [3.63, 3.8) is 0 Å². The molecule has 0 aromatic heterocycles. The van der Waals surface area contributed by atoms with Crippen molar-refractivity contribution in [2.75, 3.05) is 7.05 Å². The first-order chi connectivity index (χ1) is 7.00. The normalized spacial score (nSPS) is 31.9. The molecule has 0 aliphatic heterocycles. The maximum absolute atomic E-state index is 11.4. The average Bonchev–Trinajstić information content (AvgIpc) is 2.17. The molecule has 0 spiro atoms. The molecule has 0 unspecified atom stereocenters. The molecule has 3 heteroatoms. The molecule has 3 nitrogen and oxygen atoms in total. The zero-order valence-electron chi connectivity index (χ0n) is 10.0. The third-order valence-electron chi connectivity index (χ3n) is 3.60. The number of carboxylic acids is 1. The second-order valence-corrected chi connectivity index (χ2v) is 5.25. The smallest absolute Gasteiger partial charge is 0.309 e. The summed E-state index contributed by atoms with van der Waals surface area (Å²) in [5, 5.41) is 12.6. The van der Waals surface area contributed by atoms with Gasteiger partial charge in [0, 0.05) is 6.04 Å². The van der Waals surface area contributed by atoms with Gasteiger partial charge in [0.25, 0.3) is 0 Å². The first kappa shape index (κ1) is 12.5. The Morgan fingerprint density at radius 2 is 2.00 bits per heavy atom. The molecule has 15 heavy (non-hydrogen) atoms. The summed E-state index contributed by atoms with van der Waals surface area (Å²) in [7, 11) is 1.96. The summed E-state index contributed by atoms with van der Waals surface area (Å²) in [5.74, 6) is -0.127. The summed E-state index contributed by atoms with van der Waals surface area (Å²) in [6.45, 7) is 4.21. The predicted molar refractivity (Wildman–Crippen MR) is 60.8 cm³/mol. The van der Waals surface area contributed by atoms with Gasteiger partial charge in [-0.1, -0.05) is 13.8 Å². The van der Waals surface area contributed by atoms with Crippen LogP contribution in [0.15, 0.2) is 0 Å². The van der Waals surface area contributed by atoms with Crippen molar-refractivity contribution in [1.29, 1.82) is 0 Å². The van der Waals surface area contributed by atoms with Crippen LogP contribution in [-0.4, -0.2) is 24.2 Å². The summed E-state index contributed by atoms with van der Waals surface area (Å²) in [5.41, 5.74) is -0.443. The largest absolute Gasteiger partial charge is 0.481 e. The van der Waals surface area contributed by atoms with Crippen molar-refractivity contribution in [2.45, 2.75) is 52.0 Å². The molecule has 0 atom stereocenters. The van der Waals surface area contributed by atoms with Crippen LogP contribution in [0.1, 0.15) is 46.0 Å². The minimum atomic E-state index is -0.592. The fourth-order valence-corrected chi connectivity index (χ4v) is 2.75. The van der Waals surface area contributed by atoms with E-state index < -0.39 is 11.4 Å². The van der Waals surface area contributed by atoms with Crippen LogP contribution in [0.25, 0.3) is 0 Å². The van der Waals surface area contributed by atoms with Crippen LogP contribution >= 0.6 is 0 Å². The van der Waals surface area contributed by atoms with Gasteiger partial charge in [-0.05, 0) is 45.1 Å². The van der Waals surface area contributed by atoms with Crippen molar-refractivity contribution in [2.24, 2.45) is 11.3 Å². The highest BCUT2D eigenvalue weighted by atomic mass is 16.4. The Balaban J connectivity index is 2.65. The summed E-state index contributed by atoms with van der Waals surface area (Å²) >= 11 is 0. The van der Waals surface area contributed by atoms with E-state index in [0.29, 0.717) is 12.0 Å². The van der Waals surface area contributed by atoms with Gasteiger partial charge in [-0.15, -0.1) is 0 Å². The Bertz CT molecular complexity index is 218. The molecule has 88 valence electrons. The van der Waals surface area contributed by atoms with E-state index in [0.717, 1.165) is 32.1 Å². The minimum absolute atomic E-state index is 0.443. The second kappa shape index (κ2) is 4.97. The Hall–Kier alpha value is -0.570. The SMILES string of the molecule is CNC1CCC(CC(C)C)(C(=O)O)CC1. The van der Waals surface area contributed by atoms with Crippen molar-refractivity contribution >= 4 is 5.97 Å². The van der Waals surface area contributed by atoms with E-state index in [2.05, 4.69) is 19.2 Å². The topological polar surface area (TPSA) is 49.3 Å². The summed E-state index contributed by atoms with van der Waals surface area (Å²) in [4.78, 5) is 11.4. The van der Waals surface area contributed by atoms with Gasteiger partial charge in [0.05, 0.1) is 5.41 Å². The van der Waals surface area contributed by atoms with Gasteiger partial charge in [0.2, 0.25) is 0 Å². The van der Waals surface area contributed by atoms with Crippen molar-refractivity contribution in [3.05, 3.63) is 0 Å². The third-order valence-corrected chi connectivity index (χ3v) is 3.60. The van der Waals surface area contributed by atoms with Crippen molar-refractivity contribution in [1.82, 2.24) is 5.32 Å². The molecule has 0 aromatic carbocycles. The number of hydrogen-bond donors (Lipinski definition) is 2. The molecule has 2 N–H and O–H groups in total. The van der Waals surface area contributed by atoms with E-state index in [1.54, 1.807) is 0 Å². The van der Waals surface area contributed by atoms with Crippen LogP contribution in [-0.2, 0) is 4.79 Å². The molecule has 1 saturated carbocycles.